The molecular formula is C26H25N3O2S2. The summed E-state index contributed by atoms with van der Waals surface area (Å²) in [5.74, 6) is 0.828. The molecule has 3 heterocycles. The molecule has 2 aliphatic rings. The molecule has 1 atom stereocenters. The van der Waals surface area contributed by atoms with Crippen LogP contribution >= 0.6 is 24.0 Å². The van der Waals surface area contributed by atoms with E-state index in [-0.39, 0.29) is 11.9 Å². The zero-order valence-corrected chi connectivity index (χ0v) is 20.3. The van der Waals surface area contributed by atoms with Crippen molar-refractivity contribution in [1.29, 1.82) is 0 Å². The van der Waals surface area contributed by atoms with E-state index in [9.17, 15) is 4.79 Å². The van der Waals surface area contributed by atoms with Gasteiger partial charge in [-0.15, -0.1) is 0 Å². The number of pyridine rings is 1. The van der Waals surface area contributed by atoms with E-state index in [0.29, 0.717) is 22.4 Å². The van der Waals surface area contributed by atoms with Crippen molar-refractivity contribution in [3.05, 3.63) is 76.2 Å². The van der Waals surface area contributed by atoms with E-state index in [0.717, 1.165) is 40.9 Å². The standard InChI is InChI=1S/C26H25N3O2S2/c1-17-8-9-22-20(14-17)15-21(24(27-22)28-10-12-31-13-11-28)16-23-25(30)29(26(32)33-23)18(2)19-6-4-3-5-7-19/h3-9,14-16,18H,10-13H2,1-2H3/b23-16-. The number of hydrogen-bond donors (Lipinski definition) is 0. The van der Waals surface area contributed by atoms with Crippen LogP contribution in [0.25, 0.3) is 17.0 Å². The molecule has 33 heavy (non-hydrogen) atoms. The van der Waals surface area contributed by atoms with Gasteiger partial charge >= 0.3 is 0 Å². The zero-order valence-electron chi connectivity index (χ0n) is 18.7. The van der Waals surface area contributed by atoms with Crippen LogP contribution in [0, 0.1) is 6.92 Å². The Bertz CT molecular complexity index is 1250. The Kier molecular flexibility index (Phi) is 6.19. The summed E-state index contributed by atoms with van der Waals surface area (Å²) in [6, 6.07) is 18.3. The van der Waals surface area contributed by atoms with Crippen LogP contribution in [0.2, 0.25) is 0 Å². The average molecular weight is 476 g/mol. The summed E-state index contributed by atoms with van der Waals surface area (Å²) in [5.41, 5.74) is 4.12. The van der Waals surface area contributed by atoms with Gasteiger partial charge in [0.2, 0.25) is 0 Å². The maximum atomic E-state index is 13.4. The van der Waals surface area contributed by atoms with E-state index >= 15 is 0 Å². The molecule has 2 aromatic carbocycles. The molecule has 0 bridgehead atoms. The first-order valence-electron chi connectivity index (χ1n) is 11.1. The van der Waals surface area contributed by atoms with Gasteiger partial charge in [-0.25, -0.2) is 4.98 Å². The highest BCUT2D eigenvalue weighted by atomic mass is 32.2. The SMILES string of the molecule is Cc1ccc2nc(N3CCOCC3)c(/C=C3\SC(=S)N(C(C)c4ccccc4)C3=O)cc2c1. The topological polar surface area (TPSA) is 45.7 Å². The fourth-order valence-electron chi connectivity index (χ4n) is 4.27. The third kappa shape index (κ3) is 4.40. The molecule has 1 aromatic heterocycles. The van der Waals surface area contributed by atoms with Crippen molar-refractivity contribution in [2.24, 2.45) is 0 Å². The van der Waals surface area contributed by atoms with E-state index in [1.165, 1.54) is 17.3 Å². The second kappa shape index (κ2) is 9.25. The highest BCUT2D eigenvalue weighted by Gasteiger charge is 2.36. The maximum Gasteiger partial charge on any atom is 0.266 e. The van der Waals surface area contributed by atoms with Crippen LogP contribution in [0.5, 0.6) is 0 Å². The first-order valence-corrected chi connectivity index (χ1v) is 12.3. The van der Waals surface area contributed by atoms with Crippen LogP contribution in [0.1, 0.15) is 29.7 Å². The zero-order chi connectivity index (χ0) is 22.9. The molecule has 2 fully saturated rings. The van der Waals surface area contributed by atoms with Gasteiger partial charge in [0.1, 0.15) is 10.1 Å². The van der Waals surface area contributed by atoms with Crippen molar-refractivity contribution in [3.63, 3.8) is 0 Å². The van der Waals surface area contributed by atoms with Gasteiger partial charge in [-0.1, -0.05) is 65.9 Å². The fraction of sp³-hybridized carbons (Fsp3) is 0.269. The van der Waals surface area contributed by atoms with Crippen molar-refractivity contribution in [2.75, 3.05) is 31.2 Å². The lowest BCUT2D eigenvalue weighted by Gasteiger charge is -2.29. The highest BCUT2D eigenvalue weighted by molar-refractivity contribution is 8.26. The Labute approximate surface area is 203 Å². The first kappa shape index (κ1) is 22.1. The third-order valence-electron chi connectivity index (χ3n) is 6.07. The lowest BCUT2D eigenvalue weighted by molar-refractivity contribution is -0.123. The van der Waals surface area contributed by atoms with Crippen molar-refractivity contribution < 1.29 is 9.53 Å². The molecule has 1 unspecified atom stereocenters. The number of nitrogens with zero attached hydrogens (tertiary/aromatic N) is 3. The summed E-state index contributed by atoms with van der Waals surface area (Å²) in [5, 5.41) is 1.06. The lowest BCUT2D eigenvalue weighted by atomic mass is 10.1. The van der Waals surface area contributed by atoms with Gasteiger partial charge in [-0.05, 0) is 43.7 Å². The fourth-order valence-corrected chi connectivity index (χ4v) is 5.68. The number of benzene rings is 2. The van der Waals surface area contributed by atoms with Crippen LogP contribution in [0.4, 0.5) is 5.82 Å². The Balaban J connectivity index is 1.55. The number of aromatic nitrogens is 1. The average Bonchev–Trinajstić information content (AvgIpc) is 3.11. The number of carbonyl (C=O) groups excluding carboxylic acids is 1. The van der Waals surface area contributed by atoms with Gasteiger partial charge in [-0.2, -0.15) is 0 Å². The minimum Gasteiger partial charge on any atom is -0.378 e. The van der Waals surface area contributed by atoms with Crippen LogP contribution < -0.4 is 4.90 Å². The summed E-state index contributed by atoms with van der Waals surface area (Å²) in [4.78, 5) is 23.0. The van der Waals surface area contributed by atoms with Gasteiger partial charge in [-0.3, -0.25) is 9.69 Å². The molecule has 0 aliphatic carbocycles. The number of aryl methyl sites for hydroxylation is 1. The van der Waals surface area contributed by atoms with Crippen molar-refractivity contribution >= 4 is 57.0 Å². The van der Waals surface area contributed by atoms with Gasteiger partial charge < -0.3 is 9.64 Å². The molecule has 7 heteroatoms. The number of rotatable bonds is 4. The largest absolute Gasteiger partial charge is 0.378 e. The number of anilines is 1. The smallest absolute Gasteiger partial charge is 0.266 e. The van der Waals surface area contributed by atoms with Gasteiger partial charge in [0, 0.05) is 24.0 Å². The molecule has 0 spiro atoms. The molecule has 0 N–H and O–H groups in total. The molecule has 0 saturated carbocycles. The summed E-state index contributed by atoms with van der Waals surface area (Å²) in [7, 11) is 0. The Morgan fingerprint density at radius 1 is 1.12 bits per heavy atom. The lowest BCUT2D eigenvalue weighted by Crippen LogP contribution is -2.37. The highest BCUT2D eigenvalue weighted by Crippen LogP contribution is 2.39. The van der Waals surface area contributed by atoms with E-state index in [2.05, 4.69) is 36.1 Å². The Morgan fingerprint density at radius 2 is 1.88 bits per heavy atom. The monoisotopic (exact) mass is 475 g/mol. The van der Waals surface area contributed by atoms with Crippen molar-refractivity contribution in [2.45, 2.75) is 19.9 Å². The van der Waals surface area contributed by atoms with E-state index in [1.54, 1.807) is 4.90 Å². The molecule has 2 saturated heterocycles. The maximum absolute atomic E-state index is 13.4. The molecular weight excluding hydrogens is 450 g/mol. The Hall–Kier alpha value is -2.74. The number of carbonyl (C=O) groups is 1. The minimum absolute atomic E-state index is 0.0568. The number of thiocarbonyl (C=S) groups is 1. The summed E-state index contributed by atoms with van der Waals surface area (Å²) in [6.45, 7) is 6.98. The second-order valence-corrected chi connectivity index (χ2v) is 10.0. The summed E-state index contributed by atoms with van der Waals surface area (Å²) < 4.78 is 6.13. The quantitative estimate of drug-likeness (QED) is 0.375. The number of hydrogen-bond acceptors (Lipinski definition) is 6. The van der Waals surface area contributed by atoms with Gasteiger partial charge in [0.15, 0.2) is 0 Å². The summed E-state index contributed by atoms with van der Waals surface area (Å²) >= 11 is 6.99. The normalized spacial score (nSPS) is 19.0. The third-order valence-corrected chi connectivity index (χ3v) is 7.40. The minimum atomic E-state index is -0.124. The second-order valence-electron chi connectivity index (χ2n) is 8.34. The van der Waals surface area contributed by atoms with Crippen LogP contribution in [0.3, 0.4) is 0 Å². The number of amides is 1. The summed E-state index contributed by atoms with van der Waals surface area (Å²) in [6.07, 6.45) is 1.95. The molecule has 3 aromatic rings. The Morgan fingerprint density at radius 3 is 2.64 bits per heavy atom. The van der Waals surface area contributed by atoms with E-state index in [1.807, 2.05) is 43.3 Å². The number of thioether (sulfide) groups is 1. The van der Waals surface area contributed by atoms with Crippen molar-refractivity contribution in [1.82, 2.24) is 9.88 Å². The van der Waals surface area contributed by atoms with Crippen LogP contribution in [-0.4, -0.2) is 46.4 Å². The first-order chi connectivity index (χ1) is 16.0. The van der Waals surface area contributed by atoms with Crippen molar-refractivity contribution in [3.8, 4) is 0 Å². The molecule has 1 amide bonds. The molecule has 5 nitrogen and oxygen atoms in total. The van der Waals surface area contributed by atoms with Gasteiger partial charge in [0.25, 0.3) is 5.91 Å². The number of ether oxygens (including phenoxy) is 1. The number of morpholine rings is 1. The van der Waals surface area contributed by atoms with E-state index < -0.39 is 0 Å². The van der Waals surface area contributed by atoms with Crippen LogP contribution in [0.15, 0.2) is 59.5 Å². The van der Waals surface area contributed by atoms with Gasteiger partial charge in [0.05, 0.1) is 29.7 Å². The molecule has 2 aliphatic heterocycles. The number of fused-ring (bicyclic) bond motifs is 1. The van der Waals surface area contributed by atoms with Crippen LogP contribution in [-0.2, 0) is 9.53 Å². The predicted molar refractivity (Wildman–Crippen MR) is 139 cm³/mol. The predicted octanol–water partition coefficient (Wildman–Crippen LogP) is 5.34. The van der Waals surface area contributed by atoms with E-state index in [4.69, 9.17) is 21.9 Å². The molecule has 168 valence electrons. The molecule has 5 rings (SSSR count). The molecule has 0 radical (unpaired) electrons.